The molecule has 1 aliphatic heterocycles. The standard InChI is InChI=1S/C27H25F2N7O2S/c1-26(2)17-6-8-27(26,24-16(17)11-20(33-34-24)23-18(28)4-3-5-19(23)29)21-7-9-30-25(32-21)36-14-31-22(35-36)10-15-12-39(37,38)13-15/h3-5,7,9,11,14-15,17H,6,8,10,12-13H2,1-2H3/t17-,27+/m0/s1. The maximum atomic E-state index is 14.5. The number of rotatable bonds is 5. The van der Waals surface area contributed by atoms with Crippen LogP contribution in [0.1, 0.15) is 55.4 Å². The van der Waals surface area contributed by atoms with Crippen molar-refractivity contribution in [2.24, 2.45) is 11.3 Å². The normalized spacial score (nSPS) is 24.5. The fourth-order valence-corrected chi connectivity index (χ4v) is 8.56. The van der Waals surface area contributed by atoms with E-state index < -0.39 is 26.9 Å². The Kier molecular flexibility index (Phi) is 5.11. The molecule has 1 aromatic carbocycles. The third-order valence-electron chi connectivity index (χ3n) is 8.88. The lowest BCUT2D eigenvalue weighted by atomic mass is 9.66. The van der Waals surface area contributed by atoms with E-state index in [1.807, 2.05) is 6.07 Å². The van der Waals surface area contributed by atoms with Gasteiger partial charge in [0, 0.05) is 12.6 Å². The molecule has 39 heavy (non-hydrogen) atoms. The van der Waals surface area contributed by atoms with Gasteiger partial charge in [0.25, 0.3) is 5.95 Å². The molecule has 1 saturated heterocycles. The van der Waals surface area contributed by atoms with Gasteiger partial charge < -0.3 is 0 Å². The molecular weight excluding hydrogens is 524 g/mol. The van der Waals surface area contributed by atoms with Crippen LogP contribution in [-0.4, -0.2) is 54.9 Å². The molecule has 3 aromatic heterocycles. The fraction of sp³-hybridized carbons (Fsp3) is 0.407. The summed E-state index contributed by atoms with van der Waals surface area (Å²) in [7, 11) is -2.91. The van der Waals surface area contributed by atoms with Gasteiger partial charge in [-0.15, -0.1) is 10.2 Å². The van der Waals surface area contributed by atoms with Gasteiger partial charge in [-0.1, -0.05) is 19.9 Å². The summed E-state index contributed by atoms with van der Waals surface area (Å²) in [5, 5.41) is 13.4. The molecule has 4 aromatic rings. The molecule has 7 rings (SSSR count). The van der Waals surface area contributed by atoms with Crippen molar-refractivity contribution in [3.8, 4) is 17.2 Å². The number of halogens is 2. The first-order valence-corrected chi connectivity index (χ1v) is 14.7. The predicted octanol–water partition coefficient (Wildman–Crippen LogP) is 3.58. The lowest BCUT2D eigenvalue weighted by Crippen LogP contribution is -2.38. The van der Waals surface area contributed by atoms with Gasteiger partial charge in [-0.05, 0) is 59.9 Å². The number of hydrogen-bond acceptors (Lipinski definition) is 8. The summed E-state index contributed by atoms with van der Waals surface area (Å²) in [5.41, 5.74) is 1.66. The topological polar surface area (TPSA) is 116 Å². The Morgan fingerprint density at radius 1 is 1.08 bits per heavy atom. The highest BCUT2D eigenvalue weighted by Gasteiger charge is 2.65. The molecule has 2 aliphatic carbocycles. The largest absolute Gasteiger partial charge is 0.252 e. The second-order valence-electron chi connectivity index (χ2n) is 11.3. The van der Waals surface area contributed by atoms with Crippen LogP contribution in [0.2, 0.25) is 0 Å². The van der Waals surface area contributed by atoms with E-state index in [1.165, 1.54) is 22.9 Å². The van der Waals surface area contributed by atoms with Gasteiger partial charge in [-0.2, -0.15) is 9.78 Å². The van der Waals surface area contributed by atoms with Crippen molar-refractivity contribution in [1.29, 1.82) is 0 Å². The Hall–Kier alpha value is -3.67. The Bertz CT molecular complexity index is 1720. The van der Waals surface area contributed by atoms with E-state index in [4.69, 9.17) is 4.98 Å². The number of hydrogen-bond donors (Lipinski definition) is 0. The number of fused-ring (bicyclic) bond motifs is 5. The highest BCUT2D eigenvalue weighted by molar-refractivity contribution is 7.92. The summed E-state index contributed by atoms with van der Waals surface area (Å²) in [6, 6.07) is 7.43. The number of sulfone groups is 1. The van der Waals surface area contributed by atoms with Crippen molar-refractivity contribution in [3.63, 3.8) is 0 Å². The first-order chi connectivity index (χ1) is 18.6. The fourth-order valence-electron chi connectivity index (χ4n) is 6.99. The SMILES string of the molecule is CC1(C)[C@H]2CC[C@@]1(c1ccnc(-n3cnc(CC4CS(=O)(=O)C4)n3)n1)c1nnc(-c3c(F)cccc3F)cc12. The molecule has 2 bridgehead atoms. The highest BCUT2D eigenvalue weighted by Crippen LogP contribution is 2.69. The van der Waals surface area contributed by atoms with E-state index in [2.05, 4.69) is 39.1 Å². The van der Waals surface area contributed by atoms with Gasteiger partial charge in [0.15, 0.2) is 15.7 Å². The average Bonchev–Trinajstić information content (AvgIpc) is 3.50. The summed E-state index contributed by atoms with van der Waals surface area (Å²) in [4.78, 5) is 13.7. The van der Waals surface area contributed by atoms with Crippen molar-refractivity contribution in [2.45, 2.75) is 44.4 Å². The first-order valence-electron chi connectivity index (χ1n) is 12.9. The Morgan fingerprint density at radius 2 is 1.85 bits per heavy atom. The van der Waals surface area contributed by atoms with Crippen LogP contribution < -0.4 is 0 Å². The third kappa shape index (κ3) is 3.49. The quantitative estimate of drug-likeness (QED) is 0.371. The molecule has 0 N–H and O–H groups in total. The van der Waals surface area contributed by atoms with Gasteiger partial charge in [0.05, 0.1) is 39.6 Å². The molecule has 9 nitrogen and oxygen atoms in total. The van der Waals surface area contributed by atoms with Crippen LogP contribution in [0.15, 0.2) is 42.9 Å². The number of nitrogens with zero attached hydrogens (tertiary/aromatic N) is 7. The van der Waals surface area contributed by atoms with E-state index in [9.17, 15) is 17.2 Å². The second kappa shape index (κ2) is 8.17. The lowest BCUT2D eigenvalue weighted by Gasteiger charge is -2.37. The van der Waals surface area contributed by atoms with Crippen molar-refractivity contribution in [1.82, 2.24) is 34.9 Å². The van der Waals surface area contributed by atoms with Gasteiger partial charge in [0.1, 0.15) is 18.0 Å². The minimum atomic E-state index is -2.91. The molecule has 2 atom stereocenters. The van der Waals surface area contributed by atoms with Crippen LogP contribution in [0, 0.1) is 23.0 Å². The maximum absolute atomic E-state index is 14.5. The van der Waals surface area contributed by atoms with Crippen LogP contribution in [0.25, 0.3) is 17.2 Å². The van der Waals surface area contributed by atoms with Crippen molar-refractivity contribution in [3.05, 3.63) is 77.3 Å². The molecule has 2 fully saturated rings. The number of aromatic nitrogens is 7. The van der Waals surface area contributed by atoms with Crippen LogP contribution >= 0.6 is 0 Å². The van der Waals surface area contributed by atoms with Gasteiger partial charge in [-0.3, -0.25) is 0 Å². The molecule has 0 amide bonds. The van der Waals surface area contributed by atoms with Gasteiger partial charge in [0.2, 0.25) is 0 Å². The summed E-state index contributed by atoms with van der Waals surface area (Å²) < 4.78 is 53.6. The van der Waals surface area contributed by atoms with Crippen molar-refractivity contribution < 1.29 is 17.2 Å². The molecule has 12 heteroatoms. The molecule has 1 saturated carbocycles. The zero-order valence-corrected chi connectivity index (χ0v) is 22.2. The highest BCUT2D eigenvalue weighted by atomic mass is 32.2. The molecule has 4 heterocycles. The van der Waals surface area contributed by atoms with Crippen LogP contribution in [0.5, 0.6) is 0 Å². The molecule has 200 valence electrons. The smallest absolute Gasteiger partial charge is 0.229 e. The number of benzene rings is 1. The summed E-state index contributed by atoms with van der Waals surface area (Å²) in [6.45, 7) is 4.36. The van der Waals surface area contributed by atoms with Crippen molar-refractivity contribution in [2.75, 3.05) is 11.5 Å². The Labute approximate surface area is 223 Å². The minimum absolute atomic E-state index is 0.0319. The van der Waals surface area contributed by atoms with E-state index in [0.717, 1.165) is 29.8 Å². The van der Waals surface area contributed by atoms with Gasteiger partial charge >= 0.3 is 0 Å². The minimum Gasteiger partial charge on any atom is -0.229 e. The Morgan fingerprint density at radius 3 is 2.59 bits per heavy atom. The summed E-state index contributed by atoms with van der Waals surface area (Å²) >= 11 is 0. The average molecular weight is 550 g/mol. The Balaban J connectivity index is 1.26. The molecule has 3 aliphatic rings. The van der Waals surface area contributed by atoms with Gasteiger partial charge in [-0.25, -0.2) is 32.2 Å². The second-order valence-corrected chi connectivity index (χ2v) is 13.5. The van der Waals surface area contributed by atoms with Crippen LogP contribution in [0.4, 0.5) is 8.78 Å². The molecule has 0 unspecified atom stereocenters. The van der Waals surface area contributed by atoms with Crippen molar-refractivity contribution >= 4 is 9.84 Å². The predicted molar refractivity (Wildman–Crippen MR) is 137 cm³/mol. The van der Waals surface area contributed by atoms with Crippen LogP contribution in [-0.2, 0) is 21.7 Å². The maximum Gasteiger partial charge on any atom is 0.252 e. The molecular formula is C27H25F2N7O2S. The molecule has 0 radical (unpaired) electrons. The first kappa shape index (κ1) is 24.4. The zero-order valence-electron chi connectivity index (χ0n) is 21.3. The lowest BCUT2D eigenvalue weighted by molar-refractivity contribution is 0.242. The monoisotopic (exact) mass is 549 g/mol. The third-order valence-corrected chi connectivity index (χ3v) is 10.8. The zero-order chi connectivity index (χ0) is 27.2. The van der Waals surface area contributed by atoms with E-state index in [-0.39, 0.29) is 40.0 Å². The van der Waals surface area contributed by atoms with E-state index in [1.54, 1.807) is 18.6 Å². The van der Waals surface area contributed by atoms with Crippen LogP contribution in [0.3, 0.4) is 0 Å². The van der Waals surface area contributed by atoms with E-state index >= 15 is 0 Å². The summed E-state index contributed by atoms with van der Waals surface area (Å²) in [6.07, 6.45) is 5.39. The summed E-state index contributed by atoms with van der Waals surface area (Å²) in [5.74, 6) is 0.0359. The van der Waals surface area contributed by atoms with E-state index in [0.29, 0.717) is 18.2 Å². The molecule has 0 spiro atoms.